The number of methoxy groups -OCH3 is 1. The highest BCUT2D eigenvalue weighted by atomic mass is 32.2. The third kappa shape index (κ3) is 4.47. The molecule has 0 spiro atoms. The number of hydrogen-bond donors (Lipinski definition) is 2. The summed E-state index contributed by atoms with van der Waals surface area (Å²) < 4.78 is 33.1. The predicted octanol–water partition coefficient (Wildman–Crippen LogP) is -0.0835. The van der Waals surface area contributed by atoms with E-state index in [0.29, 0.717) is 19.7 Å². The van der Waals surface area contributed by atoms with E-state index in [9.17, 15) is 8.42 Å². The molecule has 0 aliphatic heterocycles. The molecular formula is C11H25N3O3S. The van der Waals surface area contributed by atoms with Gasteiger partial charge >= 0.3 is 0 Å². The Morgan fingerprint density at radius 3 is 2.67 bits per heavy atom. The first-order valence-corrected chi connectivity index (χ1v) is 7.88. The van der Waals surface area contributed by atoms with Crippen LogP contribution in [0.2, 0.25) is 0 Å². The molecule has 2 unspecified atom stereocenters. The van der Waals surface area contributed by atoms with Crippen LogP contribution in [0, 0.1) is 5.92 Å². The summed E-state index contributed by atoms with van der Waals surface area (Å²) in [4.78, 5) is 0. The molecule has 0 amide bonds. The fourth-order valence-corrected chi connectivity index (χ4v) is 3.45. The third-order valence-corrected chi connectivity index (χ3v) is 5.14. The molecule has 0 saturated heterocycles. The lowest BCUT2D eigenvalue weighted by Crippen LogP contribution is -2.49. The van der Waals surface area contributed by atoms with Crippen molar-refractivity contribution in [3.63, 3.8) is 0 Å². The second-order valence-corrected chi connectivity index (χ2v) is 6.63. The average Bonchev–Trinajstić information content (AvgIpc) is 2.36. The highest BCUT2D eigenvalue weighted by Crippen LogP contribution is 2.24. The van der Waals surface area contributed by atoms with Crippen molar-refractivity contribution >= 4 is 10.2 Å². The van der Waals surface area contributed by atoms with Crippen molar-refractivity contribution in [2.45, 2.75) is 31.7 Å². The fourth-order valence-electron chi connectivity index (χ4n) is 2.27. The van der Waals surface area contributed by atoms with E-state index in [0.717, 1.165) is 25.7 Å². The monoisotopic (exact) mass is 279 g/mol. The summed E-state index contributed by atoms with van der Waals surface area (Å²) in [5, 5.41) is 0. The van der Waals surface area contributed by atoms with E-state index in [4.69, 9.17) is 10.5 Å². The molecule has 18 heavy (non-hydrogen) atoms. The van der Waals surface area contributed by atoms with Crippen LogP contribution in [0.5, 0.6) is 0 Å². The van der Waals surface area contributed by atoms with Gasteiger partial charge in [0.25, 0.3) is 10.2 Å². The Morgan fingerprint density at radius 1 is 1.39 bits per heavy atom. The van der Waals surface area contributed by atoms with Crippen LogP contribution >= 0.6 is 0 Å². The van der Waals surface area contributed by atoms with E-state index < -0.39 is 10.2 Å². The second kappa shape index (κ2) is 7.40. The van der Waals surface area contributed by atoms with Crippen LogP contribution in [0.3, 0.4) is 0 Å². The summed E-state index contributed by atoms with van der Waals surface area (Å²) in [5.74, 6) is 0.254. The van der Waals surface area contributed by atoms with Gasteiger partial charge in [0, 0.05) is 26.7 Å². The van der Waals surface area contributed by atoms with Gasteiger partial charge < -0.3 is 10.5 Å². The predicted molar refractivity (Wildman–Crippen MR) is 71.4 cm³/mol. The van der Waals surface area contributed by atoms with Crippen LogP contribution in [0.25, 0.3) is 0 Å². The van der Waals surface area contributed by atoms with Crippen LogP contribution in [-0.2, 0) is 14.9 Å². The molecule has 1 aliphatic rings. The Morgan fingerprint density at radius 2 is 2.06 bits per heavy atom. The second-order valence-electron chi connectivity index (χ2n) is 4.82. The average molecular weight is 279 g/mol. The number of nitrogens with one attached hydrogen (secondary N) is 1. The highest BCUT2D eigenvalue weighted by molar-refractivity contribution is 7.87. The van der Waals surface area contributed by atoms with Gasteiger partial charge in [-0.3, -0.25) is 0 Å². The number of nitrogens with zero attached hydrogens (tertiary/aromatic N) is 1. The summed E-state index contributed by atoms with van der Waals surface area (Å²) in [6, 6.07) is -0.0289. The summed E-state index contributed by atoms with van der Waals surface area (Å²) >= 11 is 0. The molecule has 0 radical (unpaired) electrons. The molecule has 1 aliphatic carbocycles. The molecule has 2 atom stereocenters. The van der Waals surface area contributed by atoms with E-state index in [1.54, 1.807) is 14.2 Å². The summed E-state index contributed by atoms with van der Waals surface area (Å²) in [7, 11) is -0.315. The van der Waals surface area contributed by atoms with Crippen LogP contribution < -0.4 is 10.5 Å². The molecule has 0 bridgehead atoms. The van der Waals surface area contributed by atoms with E-state index in [1.807, 2.05) is 0 Å². The zero-order valence-corrected chi connectivity index (χ0v) is 12.1. The first kappa shape index (κ1) is 15.8. The molecule has 0 aromatic heterocycles. The minimum Gasteiger partial charge on any atom is -0.383 e. The van der Waals surface area contributed by atoms with Gasteiger partial charge in [-0.05, 0) is 25.3 Å². The molecule has 7 heteroatoms. The molecule has 3 N–H and O–H groups in total. The Kier molecular flexibility index (Phi) is 6.51. The van der Waals surface area contributed by atoms with Gasteiger partial charge in [-0.15, -0.1) is 0 Å². The highest BCUT2D eigenvalue weighted by Gasteiger charge is 2.29. The van der Waals surface area contributed by atoms with E-state index >= 15 is 0 Å². The van der Waals surface area contributed by atoms with Crippen molar-refractivity contribution in [2.75, 3.05) is 33.9 Å². The van der Waals surface area contributed by atoms with Gasteiger partial charge in [0.2, 0.25) is 0 Å². The lowest BCUT2D eigenvalue weighted by atomic mass is 9.85. The quantitative estimate of drug-likeness (QED) is 0.682. The molecule has 1 saturated carbocycles. The fraction of sp³-hybridized carbons (Fsp3) is 1.00. The van der Waals surface area contributed by atoms with E-state index in [-0.39, 0.29) is 12.0 Å². The maximum absolute atomic E-state index is 12.1. The molecule has 0 heterocycles. The molecule has 0 aromatic rings. The number of hydrogen-bond acceptors (Lipinski definition) is 4. The molecule has 1 fully saturated rings. The van der Waals surface area contributed by atoms with Crippen molar-refractivity contribution in [2.24, 2.45) is 11.7 Å². The SMILES string of the molecule is COCCN(C)S(=O)(=O)NC1CCCCC1CN. The van der Waals surface area contributed by atoms with Crippen molar-refractivity contribution in [1.29, 1.82) is 0 Å². The lowest BCUT2D eigenvalue weighted by molar-refractivity contribution is 0.184. The van der Waals surface area contributed by atoms with Gasteiger partial charge in [0.15, 0.2) is 0 Å². The third-order valence-electron chi connectivity index (χ3n) is 3.53. The number of rotatable bonds is 7. The smallest absolute Gasteiger partial charge is 0.279 e. The van der Waals surface area contributed by atoms with E-state index in [1.165, 1.54) is 4.31 Å². The standard InChI is InChI=1S/C11H25N3O3S/c1-14(7-8-17-2)18(15,16)13-11-6-4-3-5-10(11)9-12/h10-11,13H,3-9,12H2,1-2H3. The van der Waals surface area contributed by atoms with Gasteiger partial charge in [0.1, 0.15) is 0 Å². The minimum atomic E-state index is -3.43. The minimum absolute atomic E-state index is 0.0289. The van der Waals surface area contributed by atoms with Crippen molar-refractivity contribution in [3.05, 3.63) is 0 Å². The van der Waals surface area contributed by atoms with Crippen LogP contribution in [0.4, 0.5) is 0 Å². The van der Waals surface area contributed by atoms with Crippen molar-refractivity contribution in [1.82, 2.24) is 9.03 Å². The molecule has 6 nitrogen and oxygen atoms in total. The van der Waals surface area contributed by atoms with E-state index in [2.05, 4.69) is 4.72 Å². The molecule has 1 rings (SSSR count). The van der Waals surface area contributed by atoms with Crippen molar-refractivity contribution in [3.8, 4) is 0 Å². The van der Waals surface area contributed by atoms with Gasteiger partial charge in [-0.25, -0.2) is 0 Å². The first-order valence-electron chi connectivity index (χ1n) is 6.44. The Bertz CT molecular complexity index is 334. The zero-order chi connectivity index (χ0) is 13.6. The van der Waals surface area contributed by atoms with Gasteiger partial charge in [-0.2, -0.15) is 17.4 Å². The summed E-state index contributed by atoms with van der Waals surface area (Å²) in [5.41, 5.74) is 5.70. The topological polar surface area (TPSA) is 84.7 Å². The number of likely N-dealkylation sites (N-methyl/N-ethyl adjacent to an activating group) is 1. The number of nitrogens with two attached hydrogens (primary N) is 1. The van der Waals surface area contributed by atoms with Crippen molar-refractivity contribution < 1.29 is 13.2 Å². The normalized spacial score (nSPS) is 25.6. The lowest BCUT2D eigenvalue weighted by Gasteiger charge is -2.32. The van der Waals surface area contributed by atoms with Gasteiger partial charge in [0.05, 0.1) is 6.61 Å². The first-order chi connectivity index (χ1) is 8.51. The van der Waals surface area contributed by atoms with Crippen LogP contribution in [-0.4, -0.2) is 52.6 Å². The maximum atomic E-state index is 12.1. The number of ether oxygens (including phenoxy) is 1. The Hall–Kier alpha value is -0.210. The molecular weight excluding hydrogens is 254 g/mol. The Balaban J connectivity index is 2.57. The van der Waals surface area contributed by atoms with Crippen LogP contribution in [0.15, 0.2) is 0 Å². The largest absolute Gasteiger partial charge is 0.383 e. The molecule has 0 aromatic carbocycles. The van der Waals surface area contributed by atoms with Crippen LogP contribution in [0.1, 0.15) is 25.7 Å². The zero-order valence-electron chi connectivity index (χ0n) is 11.3. The maximum Gasteiger partial charge on any atom is 0.279 e. The summed E-state index contributed by atoms with van der Waals surface area (Å²) in [6.07, 6.45) is 4.08. The summed E-state index contributed by atoms with van der Waals surface area (Å²) in [6.45, 7) is 1.28. The Labute approximate surface area is 110 Å². The van der Waals surface area contributed by atoms with Gasteiger partial charge in [-0.1, -0.05) is 12.8 Å². The molecule has 108 valence electrons.